The molecule has 0 aliphatic rings. The van der Waals surface area contributed by atoms with E-state index < -0.39 is 5.91 Å². The number of benzene rings is 2. The average Bonchev–Trinajstić information content (AvgIpc) is 2.66. The Labute approximate surface area is 176 Å². The van der Waals surface area contributed by atoms with Gasteiger partial charge in [-0.25, -0.2) is 0 Å². The van der Waals surface area contributed by atoms with Crippen molar-refractivity contribution < 1.29 is 24.1 Å². The van der Waals surface area contributed by atoms with Gasteiger partial charge in [0.25, 0.3) is 5.91 Å². The van der Waals surface area contributed by atoms with Gasteiger partial charge in [0.1, 0.15) is 5.75 Å². The predicted octanol–water partition coefficient (Wildman–Crippen LogP) is 4.02. The van der Waals surface area contributed by atoms with Crippen LogP contribution in [0.3, 0.4) is 0 Å². The third kappa shape index (κ3) is 5.99. The number of phenols is 1. The molecule has 0 unspecified atom stereocenters. The fourth-order valence-corrected chi connectivity index (χ4v) is 2.80. The number of phenolic OH excluding ortho intramolecular Hbond substituents is 1. The molecule has 0 heterocycles. The highest BCUT2D eigenvalue weighted by Gasteiger charge is 2.19. The average molecular weight is 419 g/mol. The van der Waals surface area contributed by atoms with Crippen molar-refractivity contribution in [1.82, 2.24) is 5.32 Å². The molecule has 0 aliphatic heterocycles. The molecule has 0 saturated heterocycles. The molecule has 8 heteroatoms. The van der Waals surface area contributed by atoms with Gasteiger partial charge in [-0.1, -0.05) is 6.07 Å². The highest BCUT2D eigenvalue weighted by atomic mass is 32.1. The van der Waals surface area contributed by atoms with Gasteiger partial charge in [0, 0.05) is 5.56 Å². The van der Waals surface area contributed by atoms with Crippen molar-refractivity contribution in [1.29, 1.82) is 0 Å². The summed E-state index contributed by atoms with van der Waals surface area (Å²) >= 11 is 5.20. The monoisotopic (exact) mass is 418 g/mol. The maximum Gasteiger partial charge on any atom is 0.257 e. The van der Waals surface area contributed by atoms with E-state index in [1.165, 1.54) is 0 Å². The number of carbonyl (C=O) groups excluding carboxylic acids is 1. The van der Waals surface area contributed by atoms with Crippen molar-refractivity contribution in [2.75, 3.05) is 25.1 Å². The Morgan fingerprint density at radius 1 is 1.00 bits per heavy atom. The Morgan fingerprint density at radius 2 is 1.59 bits per heavy atom. The predicted molar refractivity (Wildman–Crippen MR) is 116 cm³/mol. The molecular formula is C21H26N2O5S. The van der Waals surface area contributed by atoms with Crippen molar-refractivity contribution in [3.8, 4) is 23.0 Å². The molecule has 0 aliphatic carbocycles. The number of thiocarbonyl (C=S) groups is 1. The number of hydrogen-bond donors (Lipinski definition) is 3. The van der Waals surface area contributed by atoms with Gasteiger partial charge in [0.05, 0.1) is 25.5 Å². The van der Waals surface area contributed by atoms with Crippen molar-refractivity contribution in [2.45, 2.75) is 27.7 Å². The van der Waals surface area contributed by atoms with Crippen LogP contribution < -0.4 is 24.8 Å². The number of hydrogen-bond acceptors (Lipinski definition) is 6. The molecule has 0 saturated carbocycles. The van der Waals surface area contributed by atoms with E-state index in [0.29, 0.717) is 48.3 Å². The molecule has 0 atom stereocenters. The normalized spacial score (nSPS) is 10.2. The Kier molecular flexibility index (Phi) is 8.09. The molecule has 0 aromatic heterocycles. The van der Waals surface area contributed by atoms with Crippen LogP contribution in [-0.4, -0.2) is 35.9 Å². The molecule has 0 radical (unpaired) electrons. The zero-order chi connectivity index (χ0) is 21.4. The fraction of sp³-hybridized carbons (Fsp3) is 0.333. The summed E-state index contributed by atoms with van der Waals surface area (Å²) in [5.41, 5.74) is 1.61. The zero-order valence-corrected chi connectivity index (χ0v) is 17.8. The number of anilines is 1. The van der Waals surface area contributed by atoms with Gasteiger partial charge in [-0.05, 0) is 69.7 Å². The third-order valence-electron chi connectivity index (χ3n) is 3.80. The lowest BCUT2D eigenvalue weighted by molar-refractivity contribution is 0.0976. The molecule has 2 aromatic carbocycles. The Balaban J connectivity index is 2.23. The number of carbonyl (C=O) groups is 1. The first-order valence-corrected chi connectivity index (χ1v) is 9.78. The summed E-state index contributed by atoms with van der Waals surface area (Å²) in [5, 5.41) is 15.4. The summed E-state index contributed by atoms with van der Waals surface area (Å²) in [6.07, 6.45) is 0. The van der Waals surface area contributed by atoms with Gasteiger partial charge >= 0.3 is 0 Å². The summed E-state index contributed by atoms with van der Waals surface area (Å²) in [4.78, 5) is 12.7. The number of ether oxygens (including phenoxy) is 3. The van der Waals surface area contributed by atoms with Crippen molar-refractivity contribution in [3.63, 3.8) is 0 Å². The number of aromatic hydroxyl groups is 1. The van der Waals surface area contributed by atoms with Crippen molar-refractivity contribution in [3.05, 3.63) is 41.5 Å². The van der Waals surface area contributed by atoms with E-state index in [2.05, 4.69) is 10.6 Å². The van der Waals surface area contributed by atoms with E-state index in [9.17, 15) is 9.90 Å². The van der Waals surface area contributed by atoms with E-state index >= 15 is 0 Å². The maximum atomic E-state index is 12.7. The van der Waals surface area contributed by atoms with Gasteiger partial charge in [-0.15, -0.1) is 0 Å². The first kappa shape index (κ1) is 22.3. The maximum absolute atomic E-state index is 12.7. The van der Waals surface area contributed by atoms with Crippen LogP contribution in [0.5, 0.6) is 23.0 Å². The molecule has 156 valence electrons. The van der Waals surface area contributed by atoms with Crippen LogP contribution >= 0.6 is 12.2 Å². The van der Waals surface area contributed by atoms with Crippen LogP contribution in [0.15, 0.2) is 30.3 Å². The lowest BCUT2D eigenvalue weighted by atomic mass is 10.1. The molecule has 7 nitrogen and oxygen atoms in total. The number of amides is 1. The molecule has 2 aromatic rings. The second-order valence-electron chi connectivity index (χ2n) is 6.03. The van der Waals surface area contributed by atoms with Gasteiger partial charge in [-0.2, -0.15) is 0 Å². The minimum absolute atomic E-state index is 0.0416. The van der Waals surface area contributed by atoms with E-state index in [1.807, 2.05) is 33.8 Å². The Morgan fingerprint density at radius 3 is 2.10 bits per heavy atom. The van der Waals surface area contributed by atoms with Gasteiger partial charge in [-0.3, -0.25) is 10.1 Å². The summed E-state index contributed by atoms with van der Waals surface area (Å²) in [6, 6.07) is 8.26. The summed E-state index contributed by atoms with van der Waals surface area (Å²) in [6.45, 7) is 8.65. The molecule has 0 bridgehead atoms. The second-order valence-corrected chi connectivity index (χ2v) is 6.44. The molecule has 0 fully saturated rings. The van der Waals surface area contributed by atoms with Crippen molar-refractivity contribution in [2.24, 2.45) is 0 Å². The summed E-state index contributed by atoms with van der Waals surface area (Å²) < 4.78 is 16.9. The number of rotatable bonds is 8. The highest BCUT2D eigenvalue weighted by Crippen LogP contribution is 2.39. The zero-order valence-electron chi connectivity index (χ0n) is 17.0. The fourth-order valence-electron chi connectivity index (χ4n) is 2.60. The van der Waals surface area contributed by atoms with Crippen molar-refractivity contribution >= 4 is 28.9 Å². The molecule has 29 heavy (non-hydrogen) atoms. The van der Waals surface area contributed by atoms with Crippen LogP contribution in [-0.2, 0) is 0 Å². The smallest absolute Gasteiger partial charge is 0.257 e. The Hall–Kier alpha value is -3.00. The second kappa shape index (κ2) is 10.5. The molecule has 3 N–H and O–H groups in total. The molecular weight excluding hydrogens is 392 g/mol. The summed E-state index contributed by atoms with van der Waals surface area (Å²) in [5.74, 6) is 0.887. The largest absolute Gasteiger partial charge is 0.506 e. The van der Waals surface area contributed by atoms with E-state index in [1.54, 1.807) is 24.3 Å². The molecule has 1 amide bonds. The van der Waals surface area contributed by atoms with E-state index in [4.69, 9.17) is 26.4 Å². The van der Waals surface area contributed by atoms with Gasteiger partial charge in [0.15, 0.2) is 16.6 Å². The minimum atomic E-state index is -0.445. The van der Waals surface area contributed by atoms with Crippen LogP contribution in [0.25, 0.3) is 0 Å². The number of nitrogens with one attached hydrogen (secondary N) is 2. The SMILES string of the molecule is CCOc1cc(C(=O)NC(=S)Nc2ccc(C)cc2O)cc(OCC)c1OCC. The quantitative estimate of drug-likeness (QED) is 0.441. The minimum Gasteiger partial charge on any atom is -0.506 e. The van der Waals surface area contributed by atoms with E-state index in [0.717, 1.165) is 5.56 Å². The van der Waals surface area contributed by atoms with Gasteiger partial charge < -0.3 is 24.6 Å². The third-order valence-corrected chi connectivity index (χ3v) is 4.00. The van der Waals surface area contributed by atoms with E-state index in [-0.39, 0.29) is 10.9 Å². The van der Waals surface area contributed by atoms with Crippen LogP contribution in [0, 0.1) is 6.92 Å². The molecule has 0 spiro atoms. The van der Waals surface area contributed by atoms with Crippen LogP contribution in [0.4, 0.5) is 5.69 Å². The lowest BCUT2D eigenvalue weighted by Gasteiger charge is -2.17. The first-order chi connectivity index (χ1) is 13.9. The summed E-state index contributed by atoms with van der Waals surface area (Å²) in [7, 11) is 0. The lowest BCUT2D eigenvalue weighted by Crippen LogP contribution is -2.34. The molecule has 2 rings (SSSR count). The van der Waals surface area contributed by atoms with Gasteiger partial charge in [0.2, 0.25) is 5.75 Å². The standard InChI is InChI=1S/C21H26N2O5S/c1-5-26-17-11-14(12-18(27-6-2)19(17)28-7-3)20(25)23-21(29)22-15-9-8-13(4)10-16(15)24/h8-12,24H,5-7H2,1-4H3,(H2,22,23,25,29). The number of aryl methyl sites for hydroxylation is 1. The highest BCUT2D eigenvalue weighted by molar-refractivity contribution is 7.80. The van der Waals surface area contributed by atoms with Crippen LogP contribution in [0.2, 0.25) is 0 Å². The first-order valence-electron chi connectivity index (χ1n) is 9.37. The Bertz CT molecular complexity index is 858. The van der Waals surface area contributed by atoms with Crippen LogP contribution in [0.1, 0.15) is 36.7 Å². The topological polar surface area (TPSA) is 89.1 Å².